The summed E-state index contributed by atoms with van der Waals surface area (Å²) in [6.45, 7) is 3.59. The fourth-order valence-corrected chi connectivity index (χ4v) is 0.296. The summed E-state index contributed by atoms with van der Waals surface area (Å²) in [5.41, 5.74) is 0.0962. The maximum atomic E-state index is 11.9. The molecule has 0 saturated carbocycles. The molecule has 0 heterocycles. The Kier molecular flexibility index (Phi) is 3.20. The van der Waals surface area contributed by atoms with Gasteiger partial charge < -0.3 is 4.74 Å². The number of halogens is 5. The molecule has 0 rings (SSSR count). The minimum atomic E-state index is -5.66. The highest BCUT2D eigenvalue weighted by Gasteiger charge is 2.59. The molecule has 0 aliphatic heterocycles. The fraction of sp³-hybridized carbons (Fsp3) is 0.667. The van der Waals surface area contributed by atoms with E-state index in [1.807, 2.05) is 0 Å². The monoisotopic (exact) mass is 190 g/mol. The molecule has 0 aliphatic carbocycles. The molecule has 0 spiro atoms. The van der Waals surface area contributed by atoms with Crippen LogP contribution >= 0.6 is 0 Å². The van der Waals surface area contributed by atoms with Crippen LogP contribution in [0.3, 0.4) is 0 Å². The Morgan fingerprint density at radius 1 is 1.25 bits per heavy atom. The highest BCUT2D eigenvalue weighted by Crippen LogP contribution is 2.36. The van der Waals surface area contributed by atoms with Crippen LogP contribution in [0.1, 0.15) is 6.92 Å². The second kappa shape index (κ2) is 3.38. The molecule has 6 heteroatoms. The molecule has 0 aromatic rings. The largest absolute Gasteiger partial charge is 0.482 e. The van der Waals surface area contributed by atoms with Crippen molar-refractivity contribution in [2.45, 2.75) is 19.2 Å². The molecule has 0 aliphatic rings. The molecular weight excluding hydrogens is 183 g/mol. The van der Waals surface area contributed by atoms with Crippen molar-refractivity contribution in [1.29, 1.82) is 0 Å². The summed E-state index contributed by atoms with van der Waals surface area (Å²) in [5, 5.41) is 0. The Balaban J connectivity index is 4.14. The van der Waals surface area contributed by atoms with E-state index in [1.54, 1.807) is 0 Å². The molecule has 0 radical (unpaired) electrons. The van der Waals surface area contributed by atoms with Crippen molar-refractivity contribution in [3.63, 3.8) is 0 Å². The van der Waals surface area contributed by atoms with Crippen LogP contribution in [-0.4, -0.2) is 18.9 Å². The zero-order valence-electron chi connectivity index (χ0n) is 6.21. The van der Waals surface area contributed by atoms with Gasteiger partial charge in [-0.2, -0.15) is 22.0 Å². The van der Waals surface area contributed by atoms with E-state index in [-0.39, 0.29) is 5.57 Å². The third-order valence-electron chi connectivity index (χ3n) is 0.830. The molecule has 0 aromatic heterocycles. The first-order valence-electron chi connectivity index (χ1n) is 2.89. The highest BCUT2D eigenvalue weighted by molar-refractivity contribution is 4.88. The molecule has 0 atom stereocenters. The first-order valence-corrected chi connectivity index (χ1v) is 2.89. The van der Waals surface area contributed by atoms with Crippen molar-refractivity contribution in [2.24, 2.45) is 0 Å². The Labute approximate surface area is 65.8 Å². The molecule has 0 N–H and O–H groups in total. The number of hydrogen-bond donors (Lipinski definition) is 0. The Morgan fingerprint density at radius 3 is 1.92 bits per heavy atom. The molecule has 0 aromatic carbocycles. The lowest BCUT2D eigenvalue weighted by atomic mass is 10.4. The van der Waals surface area contributed by atoms with E-state index in [1.165, 1.54) is 6.92 Å². The van der Waals surface area contributed by atoms with Crippen LogP contribution in [0.4, 0.5) is 22.0 Å². The van der Waals surface area contributed by atoms with Gasteiger partial charge in [-0.15, -0.1) is 0 Å². The van der Waals surface area contributed by atoms with Gasteiger partial charge in [-0.3, -0.25) is 0 Å². The normalized spacial score (nSPS) is 13.2. The molecule has 72 valence electrons. The smallest absolute Gasteiger partial charge is 0.309 e. The standard InChI is InChI=1S/C6H7F5O/c1-4(2)3-12-6(10,11)5(7,8)9/h1,3H2,2H3. The number of ether oxygens (including phenoxy) is 1. The van der Waals surface area contributed by atoms with Crippen molar-refractivity contribution in [3.8, 4) is 0 Å². The second-order valence-corrected chi connectivity index (χ2v) is 2.26. The maximum absolute atomic E-state index is 11.9. The van der Waals surface area contributed by atoms with Crippen molar-refractivity contribution in [3.05, 3.63) is 12.2 Å². The van der Waals surface area contributed by atoms with Crippen LogP contribution in [0.5, 0.6) is 0 Å². The van der Waals surface area contributed by atoms with Gasteiger partial charge in [-0.1, -0.05) is 12.2 Å². The fourth-order valence-electron chi connectivity index (χ4n) is 0.296. The first kappa shape index (κ1) is 11.4. The van der Waals surface area contributed by atoms with Gasteiger partial charge >= 0.3 is 12.3 Å². The van der Waals surface area contributed by atoms with Crippen molar-refractivity contribution in [2.75, 3.05) is 6.61 Å². The summed E-state index contributed by atoms with van der Waals surface area (Å²) in [4.78, 5) is 0. The SMILES string of the molecule is C=C(C)COC(F)(F)C(F)(F)F. The molecule has 0 fully saturated rings. The topological polar surface area (TPSA) is 9.23 Å². The minimum absolute atomic E-state index is 0.0962. The van der Waals surface area contributed by atoms with Gasteiger partial charge in [0, 0.05) is 0 Å². The lowest BCUT2D eigenvalue weighted by molar-refractivity contribution is -0.388. The minimum Gasteiger partial charge on any atom is -0.309 e. The predicted molar refractivity (Wildman–Crippen MR) is 31.8 cm³/mol. The van der Waals surface area contributed by atoms with Gasteiger partial charge in [0.2, 0.25) is 0 Å². The first-order chi connectivity index (χ1) is 5.17. The Hall–Kier alpha value is -0.650. The number of rotatable bonds is 3. The third kappa shape index (κ3) is 3.17. The third-order valence-corrected chi connectivity index (χ3v) is 0.830. The van der Waals surface area contributed by atoms with Crippen molar-refractivity contribution < 1.29 is 26.7 Å². The molecular formula is C6H7F5O. The summed E-state index contributed by atoms with van der Waals surface area (Å²) >= 11 is 0. The van der Waals surface area contributed by atoms with Crippen molar-refractivity contribution in [1.82, 2.24) is 0 Å². The van der Waals surface area contributed by atoms with Gasteiger partial charge in [-0.25, -0.2) is 0 Å². The molecule has 0 amide bonds. The summed E-state index contributed by atoms with van der Waals surface area (Å²) in [7, 11) is 0. The van der Waals surface area contributed by atoms with E-state index in [0.717, 1.165) is 0 Å². The van der Waals surface area contributed by atoms with Crippen molar-refractivity contribution >= 4 is 0 Å². The van der Waals surface area contributed by atoms with Gasteiger partial charge in [0.1, 0.15) is 0 Å². The summed E-state index contributed by atoms with van der Waals surface area (Å²) in [6, 6.07) is 0. The molecule has 0 unspecified atom stereocenters. The van der Waals surface area contributed by atoms with Crippen LogP contribution in [0, 0.1) is 0 Å². The second-order valence-electron chi connectivity index (χ2n) is 2.26. The lowest BCUT2D eigenvalue weighted by Gasteiger charge is -2.19. The van der Waals surface area contributed by atoms with Gasteiger partial charge in [0.05, 0.1) is 6.61 Å². The number of hydrogen-bond acceptors (Lipinski definition) is 1. The van der Waals surface area contributed by atoms with E-state index in [0.29, 0.717) is 0 Å². The average molecular weight is 190 g/mol. The van der Waals surface area contributed by atoms with Crippen LogP contribution < -0.4 is 0 Å². The Morgan fingerprint density at radius 2 is 1.67 bits per heavy atom. The zero-order valence-corrected chi connectivity index (χ0v) is 6.21. The van der Waals surface area contributed by atoms with Gasteiger partial charge in [0.15, 0.2) is 0 Å². The van der Waals surface area contributed by atoms with Gasteiger partial charge in [0.25, 0.3) is 0 Å². The van der Waals surface area contributed by atoms with E-state index >= 15 is 0 Å². The summed E-state index contributed by atoms with van der Waals surface area (Å²) < 4.78 is 61.2. The quantitative estimate of drug-likeness (QED) is 0.491. The number of alkyl halides is 5. The maximum Gasteiger partial charge on any atom is 0.482 e. The summed E-state index contributed by atoms with van der Waals surface area (Å²) in [6.07, 6.45) is -10.8. The van der Waals surface area contributed by atoms with E-state index in [4.69, 9.17) is 0 Å². The summed E-state index contributed by atoms with van der Waals surface area (Å²) in [5.74, 6) is 0. The van der Waals surface area contributed by atoms with Gasteiger partial charge in [-0.05, 0) is 6.92 Å². The average Bonchev–Trinajstić information content (AvgIpc) is 1.81. The zero-order chi connectivity index (χ0) is 9.99. The van der Waals surface area contributed by atoms with Crippen LogP contribution in [-0.2, 0) is 4.74 Å². The Bertz CT molecular complexity index is 171. The van der Waals surface area contributed by atoms with E-state index in [9.17, 15) is 22.0 Å². The molecule has 12 heavy (non-hydrogen) atoms. The van der Waals surface area contributed by atoms with Crippen LogP contribution in [0.2, 0.25) is 0 Å². The van der Waals surface area contributed by atoms with E-state index in [2.05, 4.69) is 11.3 Å². The predicted octanol–water partition coefficient (Wildman–Crippen LogP) is 2.73. The van der Waals surface area contributed by atoms with Crippen LogP contribution in [0.15, 0.2) is 12.2 Å². The highest BCUT2D eigenvalue weighted by atomic mass is 19.4. The lowest BCUT2D eigenvalue weighted by Crippen LogP contribution is -2.39. The molecule has 0 bridgehead atoms. The van der Waals surface area contributed by atoms with Crippen LogP contribution in [0.25, 0.3) is 0 Å². The molecule has 1 nitrogen and oxygen atoms in total. The van der Waals surface area contributed by atoms with E-state index < -0.39 is 18.9 Å². The molecule has 0 saturated heterocycles.